The van der Waals surface area contributed by atoms with Crippen molar-refractivity contribution in [3.8, 4) is 0 Å². The normalized spacial score (nSPS) is 21.9. The Bertz CT molecular complexity index is 418. The molecule has 2 rings (SSSR count). The van der Waals surface area contributed by atoms with Gasteiger partial charge in [-0.1, -0.05) is 38.5 Å². The largest absolute Gasteiger partial charge is 0.369 e. The van der Waals surface area contributed by atoms with Gasteiger partial charge in [0, 0.05) is 17.4 Å². The van der Waals surface area contributed by atoms with E-state index >= 15 is 0 Å². The molecule has 3 N–H and O–H groups in total. The van der Waals surface area contributed by atoms with Gasteiger partial charge in [0.15, 0.2) is 0 Å². The number of carbonyl (C=O) groups is 2. The Labute approximate surface area is 141 Å². The third kappa shape index (κ3) is 6.15. The molecule has 0 aromatic carbocycles. The number of nitrogens with two attached hydrogens (primary N) is 1. The monoisotopic (exact) mass is 322 g/mol. The fraction of sp³-hybridized carbons (Fsp3) is 0.895. The standard InChI is InChI=1S/C19H34N2O2/c1-19(2,3)21-18(23)16(12-14-6-4-5-7-14)15(17(20)22)11-10-13-8-9-13/h13-16H,4-12H2,1-3H3,(H2,20,22)(H,21,23). The molecule has 0 bridgehead atoms. The van der Waals surface area contributed by atoms with Gasteiger partial charge in [0.05, 0.1) is 0 Å². The zero-order valence-corrected chi connectivity index (χ0v) is 15.1. The van der Waals surface area contributed by atoms with Gasteiger partial charge in [0.2, 0.25) is 11.8 Å². The molecule has 0 radical (unpaired) electrons. The van der Waals surface area contributed by atoms with Crippen LogP contribution >= 0.6 is 0 Å². The van der Waals surface area contributed by atoms with E-state index in [9.17, 15) is 9.59 Å². The van der Waals surface area contributed by atoms with Crippen LogP contribution in [0.5, 0.6) is 0 Å². The summed E-state index contributed by atoms with van der Waals surface area (Å²) < 4.78 is 0. The molecule has 132 valence electrons. The van der Waals surface area contributed by atoms with E-state index in [-0.39, 0.29) is 29.2 Å². The molecular formula is C19H34N2O2. The third-order valence-electron chi connectivity index (χ3n) is 5.33. The van der Waals surface area contributed by atoms with Crippen molar-refractivity contribution >= 4 is 11.8 Å². The molecule has 4 nitrogen and oxygen atoms in total. The zero-order chi connectivity index (χ0) is 17.0. The minimum atomic E-state index is -0.307. The first-order valence-corrected chi connectivity index (χ1v) is 9.37. The van der Waals surface area contributed by atoms with Crippen LogP contribution in [0.15, 0.2) is 0 Å². The predicted octanol–water partition coefficient (Wildman–Crippen LogP) is 3.39. The molecule has 2 aliphatic rings. The number of hydrogen-bond donors (Lipinski definition) is 2. The highest BCUT2D eigenvalue weighted by Gasteiger charge is 2.37. The molecule has 2 unspecified atom stereocenters. The first-order chi connectivity index (χ1) is 10.8. The predicted molar refractivity (Wildman–Crippen MR) is 92.6 cm³/mol. The molecule has 0 heterocycles. The van der Waals surface area contributed by atoms with Gasteiger partial charge in [-0.05, 0) is 51.9 Å². The first kappa shape index (κ1) is 18.3. The quantitative estimate of drug-likeness (QED) is 0.719. The van der Waals surface area contributed by atoms with Crippen LogP contribution in [-0.2, 0) is 9.59 Å². The number of rotatable bonds is 8. The SMILES string of the molecule is CC(C)(C)NC(=O)C(CC1CCCC1)C(CCC1CC1)C(N)=O. The van der Waals surface area contributed by atoms with Crippen LogP contribution in [-0.4, -0.2) is 17.4 Å². The summed E-state index contributed by atoms with van der Waals surface area (Å²) in [6.07, 6.45) is 10.1. The first-order valence-electron chi connectivity index (χ1n) is 9.37. The molecule has 4 heteroatoms. The van der Waals surface area contributed by atoms with Gasteiger partial charge in [-0.15, -0.1) is 0 Å². The van der Waals surface area contributed by atoms with Gasteiger partial charge in [-0.3, -0.25) is 9.59 Å². The number of amides is 2. The summed E-state index contributed by atoms with van der Waals surface area (Å²) in [5.41, 5.74) is 5.43. The molecule has 2 aliphatic carbocycles. The summed E-state index contributed by atoms with van der Waals surface area (Å²) in [6.45, 7) is 5.96. The summed E-state index contributed by atoms with van der Waals surface area (Å²) in [6, 6.07) is 0. The average molecular weight is 322 g/mol. The molecule has 0 spiro atoms. The van der Waals surface area contributed by atoms with Gasteiger partial charge in [0.25, 0.3) is 0 Å². The fourth-order valence-corrected chi connectivity index (χ4v) is 3.89. The lowest BCUT2D eigenvalue weighted by molar-refractivity contribution is -0.135. The molecule has 23 heavy (non-hydrogen) atoms. The van der Waals surface area contributed by atoms with Crippen LogP contribution in [0.25, 0.3) is 0 Å². The number of carbonyl (C=O) groups excluding carboxylic acids is 2. The Morgan fingerprint density at radius 2 is 1.65 bits per heavy atom. The van der Waals surface area contributed by atoms with E-state index in [1.807, 2.05) is 20.8 Å². The maximum Gasteiger partial charge on any atom is 0.224 e. The minimum absolute atomic E-state index is 0.0176. The molecule has 2 saturated carbocycles. The summed E-state index contributed by atoms with van der Waals surface area (Å²) in [5.74, 6) is 0.497. The summed E-state index contributed by atoms with van der Waals surface area (Å²) in [7, 11) is 0. The van der Waals surface area contributed by atoms with Crippen LogP contribution in [0.1, 0.15) is 78.6 Å². The summed E-state index contributed by atoms with van der Waals surface area (Å²) >= 11 is 0. The maximum absolute atomic E-state index is 12.8. The maximum atomic E-state index is 12.8. The van der Waals surface area contributed by atoms with Crippen LogP contribution in [0, 0.1) is 23.7 Å². The van der Waals surface area contributed by atoms with E-state index in [0.29, 0.717) is 5.92 Å². The Morgan fingerprint density at radius 3 is 2.13 bits per heavy atom. The van der Waals surface area contributed by atoms with Gasteiger partial charge >= 0.3 is 0 Å². The van der Waals surface area contributed by atoms with E-state index in [2.05, 4.69) is 5.32 Å². The van der Waals surface area contributed by atoms with Crippen molar-refractivity contribution < 1.29 is 9.59 Å². The highest BCUT2D eigenvalue weighted by atomic mass is 16.2. The number of primary amides is 1. The average Bonchev–Trinajstić information content (AvgIpc) is 3.10. The van der Waals surface area contributed by atoms with Gasteiger partial charge < -0.3 is 11.1 Å². The molecular weight excluding hydrogens is 288 g/mol. The molecule has 0 aliphatic heterocycles. The van der Waals surface area contributed by atoms with Crippen molar-refractivity contribution in [2.75, 3.05) is 0 Å². The minimum Gasteiger partial charge on any atom is -0.369 e. The molecule has 0 aromatic heterocycles. The highest BCUT2D eigenvalue weighted by molar-refractivity contribution is 5.87. The zero-order valence-electron chi connectivity index (χ0n) is 15.1. The van der Waals surface area contributed by atoms with E-state index in [1.165, 1.54) is 38.5 Å². The Morgan fingerprint density at radius 1 is 1.04 bits per heavy atom. The molecule has 2 fully saturated rings. The van der Waals surface area contributed by atoms with Crippen molar-refractivity contribution in [1.82, 2.24) is 5.32 Å². The molecule has 2 amide bonds. The van der Waals surface area contributed by atoms with E-state index in [4.69, 9.17) is 5.73 Å². The van der Waals surface area contributed by atoms with E-state index in [0.717, 1.165) is 25.2 Å². The lowest BCUT2D eigenvalue weighted by atomic mass is 9.79. The molecule has 0 aromatic rings. The van der Waals surface area contributed by atoms with Gasteiger partial charge in [-0.2, -0.15) is 0 Å². The van der Waals surface area contributed by atoms with Gasteiger partial charge in [0.1, 0.15) is 0 Å². The Hall–Kier alpha value is -1.06. The van der Waals surface area contributed by atoms with Crippen molar-refractivity contribution in [3.05, 3.63) is 0 Å². The van der Waals surface area contributed by atoms with Crippen molar-refractivity contribution in [2.45, 2.75) is 84.1 Å². The molecule has 0 saturated heterocycles. The fourth-order valence-electron chi connectivity index (χ4n) is 3.89. The van der Waals surface area contributed by atoms with E-state index in [1.54, 1.807) is 0 Å². The second kappa shape index (κ2) is 7.67. The number of hydrogen-bond acceptors (Lipinski definition) is 2. The lowest BCUT2D eigenvalue weighted by Crippen LogP contribution is -2.48. The van der Waals surface area contributed by atoms with Crippen LogP contribution in [0.2, 0.25) is 0 Å². The summed E-state index contributed by atoms with van der Waals surface area (Å²) in [4.78, 5) is 24.9. The highest BCUT2D eigenvalue weighted by Crippen LogP contribution is 2.38. The topological polar surface area (TPSA) is 72.2 Å². The van der Waals surface area contributed by atoms with Crippen LogP contribution in [0.4, 0.5) is 0 Å². The van der Waals surface area contributed by atoms with Crippen LogP contribution in [0.3, 0.4) is 0 Å². The second-order valence-corrected chi connectivity index (χ2v) is 8.76. The van der Waals surface area contributed by atoms with Crippen molar-refractivity contribution in [1.29, 1.82) is 0 Å². The Balaban J connectivity index is 2.06. The Kier molecular flexibility index (Phi) is 6.10. The smallest absolute Gasteiger partial charge is 0.224 e. The molecule has 2 atom stereocenters. The number of nitrogens with one attached hydrogen (secondary N) is 1. The van der Waals surface area contributed by atoms with Crippen molar-refractivity contribution in [3.63, 3.8) is 0 Å². The summed E-state index contributed by atoms with van der Waals surface area (Å²) in [5, 5.41) is 3.09. The van der Waals surface area contributed by atoms with Crippen molar-refractivity contribution in [2.24, 2.45) is 29.4 Å². The second-order valence-electron chi connectivity index (χ2n) is 8.76. The van der Waals surface area contributed by atoms with E-state index < -0.39 is 0 Å². The third-order valence-corrected chi connectivity index (χ3v) is 5.33. The van der Waals surface area contributed by atoms with Crippen LogP contribution < -0.4 is 11.1 Å². The lowest BCUT2D eigenvalue weighted by Gasteiger charge is -2.30. The van der Waals surface area contributed by atoms with Gasteiger partial charge in [-0.25, -0.2) is 0 Å².